The fourth-order valence-electron chi connectivity index (χ4n) is 4.95. The maximum Gasteiger partial charge on any atom is 0.275 e. The van der Waals surface area contributed by atoms with E-state index in [0.29, 0.717) is 18.7 Å². The molecule has 2 aromatic carbocycles. The largest absolute Gasteiger partial charge is 0.377 e. The van der Waals surface area contributed by atoms with Crippen molar-refractivity contribution in [2.75, 3.05) is 20.3 Å². The second kappa shape index (κ2) is 8.93. The minimum atomic E-state index is -0.322. The van der Waals surface area contributed by atoms with Gasteiger partial charge in [0.25, 0.3) is 5.56 Å². The van der Waals surface area contributed by atoms with E-state index < -0.39 is 0 Å². The van der Waals surface area contributed by atoms with Crippen LogP contribution in [-0.2, 0) is 16.5 Å². The molecular weight excluding hydrogens is 452 g/mol. The van der Waals surface area contributed by atoms with Crippen molar-refractivity contribution in [2.24, 2.45) is 7.05 Å². The molecule has 0 bridgehead atoms. The highest BCUT2D eigenvalue weighted by Crippen LogP contribution is 2.36. The normalized spacial score (nSPS) is 14.8. The molecule has 1 fully saturated rings. The number of aryl methyl sites for hydroxylation is 2. The highest BCUT2D eigenvalue weighted by Gasteiger charge is 2.26. The van der Waals surface area contributed by atoms with Gasteiger partial charge < -0.3 is 18.6 Å². The topological polar surface area (TPSA) is 63.2 Å². The fourth-order valence-corrected chi connectivity index (χ4v) is 4.95. The Morgan fingerprint density at radius 2 is 1.81 bits per heavy atom. The van der Waals surface area contributed by atoms with Gasteiger partial charge in [0.2, 0.25) is 0 Å². The van der Waals surface area contributed by atoms with E-state index in [0.717, 1.165) is 39.0 Å². The molecule has 182 valence electrons. The zero-order chi connectivity index (χ0) is 24.8. The number of pyridine rings is 1. The van der Waals surface area contributed by atoms with Crippen molar-refractivity contribution in [1.29, 1.82) is 0 Å². The zero-order valence-electron chi connectivity index (χ0n) is 20.6. The number of methoxy groups -OCH3 is 1. The molecule has 1 saturated heterocycles. The van der Waals surface area contributed by atoms with Crippen LogP contribution in [0, 0.1) is 6.92 Å². The Bertz CT molecular complexity index is 1590. The van der Waals surface area contributed by atoms with E-state index in [2.05, 4.69) is 46.9 Å². The lowest BCUT2D eigenvalue weighted by molar-refractivity contribution is -0.0286. The Kier molecular flexibility index (Phi) is 5.59. The first-order chi connectivity index (χ1) is 17.5. The quantitative estimate of drug-likeness (QED) is 0.350. The van der Waals surface area contributed by atoms with Crippen LogP contribution in [0.3, 0.4) is 0 Å². The molecule has 0 aliphatic carbocycles. The first kappa shape index (κ1) is 22.5. The van der Waals surface area contributed by atoms with Gasteiger partial charge >= 0.3 is 0 Å². The van der Waals surface area contributed by atoms with Gasteiger partial charge in [-0.3, -0.25) is 9.48 Å². The molecule has 4 heterocycles. The summed E-state index contributed by atoms with van der Waals surface area (Å²) in [4.78, 5) is 13.7. The summed E-state index contributed by atoms with van der Waals surface area (Å²) in [5.74, 6) is 0. The van der Waals surface area contributed by atoms with E-state index in [9.17, 15) is 4.79 Å². The first-order valence-corrected chi connectivity index (χ1v) is 12.1. The Labute approximate surface area is 209 Å². The Morgan fingerprint density at radius 1 is 1.06 bits per heavy atom. The summed E-state index contributed by atoms with van der Waals surface area (Å²) < 4.78 is 17.0. The third-order valence-electron chi connectivity index (χ3n) is 6.97. The number of nitrogens with zero attached hydrogens (tertiary/aromatic N) is 4. The van der Waals surface area contributed by atoms with Gasteiger partial charge in [-0.05, 0) is 30.7 Å². The van der Waals surface area contributed by atoms with Crippen molar-refractivity contribution >= 4 is 10.9 Å². The minimum absolute atomic E-state index is 0.0664. The number of aromatic nitrogens is 4. The molecule has 0 spiro atoms. The molecule has 1 unspecified atom stereocenters. The summed E-state index contributed by atoms with van der Waals surface area (Å²) in [7, 11) is 3.50. The van der Waals surface area contributed by atoms with Crippen LogP contribution < -0.4 is 5.56 Å². The SMILES string of the molecule is COC(c1ccccc1)c1cn(C)c(=O)c2c1cc(-c1cnn(C3COC3)c1)n2-c1ccc(C)cc1. The number of rotatable bonds is 6. The summed E-state index contributed by atoms with van der Waals surface area (Å²) in [5, 5.41) is 5.48. The van der Waals surface area contributed by atoms with Crippen molar-refractivity contribution < 1.29 is 9.47 Å². The maximum atomic E-state index is 13.7. The average Bonchev–Trinajstić information content (AvgIpc) is 3.48. The van der Waals surface area contributed by atoms with Gasteiger partial charge in [-0.25, -0.2) is 0 Å². The van der Waals surface area contributed by atoms with Crippen LogP contribution in [0.5, 0.6) is 0 Å². The minimum Gasteiger partial charge on any atom is -0.377 e. The molecule has 0 radical (unpaired) electrons. The van der Waals surface area contributed by atoms with Gasteiger partial charge in [-0.1, -0.05) is 48.0 Å². The van der Waals surface area contributed by atoms with E-state index >= 15 is 0 Å². The molecule has 36 heavy (non-hydrogen) atoms. The maximum absolute atomic E-state index is 13.7. The fraction of sp³-hybridized carbons (Fsp3) is 0.241. The highest BCUT2D eigenvalue weighted by atomic mass is 16.5. The van der Waals surface area contributed by atoms with Gasteiger partial charge in [-0.15, -0.1) is 0 Å². The smallest absolute Gasteiger partial charge is 0.275 e. The van der Waals surface area contributed by atoms with E-state index in [1.807, 2.05) is 53.6 Å². The molecule has 6 rings (SSSR count). The van der Waals surface area contributed by atoms with Crippen molar-refractivity contribution in [2.45, 2.75) is 19.1 Å². The first-order valence-electron chi connectivity index (χ1n) is 12.1. The van der Waals surface area contributed by atoms with Gasteiger partial charge in [0, 0.05) is 48.8 Å². The molecule has 1 aliphatic rings. The number of benzene rings is 2. The summed E-state index contributed by atoms with van der Waals surface area (Å²) >= 11 is 0. The standard InChI is InChI=1S/C29H28N4O3/c1-19-9-11-22(12-10-19)33-26(21-14-30-32(15-21)23-17-36-18-23)13-24-25(16-31(2)29(34)27(24)33)28(35-3)20-7-5-4-6-8-20/h4-16,23,28H,17-18H2,1-3H3. The molecular formula is C29H28N4O3. The molecule has 0 N–H and O–H groups in total. The number of hydrogen-bond donors (Lipinski definition) is 0. The lowest BCUT2D eigenvalue weighted by Crippen LogP contribution is -2.30. The monoisotopic (exact) mass is 480 g/mol. The molecule has 7 nitrogen and oxygen atoms in total. The third kappa shape index (κ3) is 3.68. The van der Waals surface area contributed by atoms with Gasteiger partial charge in [-0.2, -0.15) is 5.10 Å². The molecule has 0 amide bonds. The summed E-state index contributed by atoms with van der Waals surface area (Å²) in [6.45, 7) is 3.39. The van der Waals surface area contributed by atoms with E-state index in [-0.39, 0.29) is 17.7 Å². The van der Waals surface area contributed by atoms with Crippen molar-refractivity contribution in [3.63, 3.8) is 0 Å². The molecule has 1 atom stereocenters. The lowest BCUT2D eigenvalue weighted by atomic mass is 9.99. The van der Waals surface area contributed by atoms with Crippen LogP contribution >= 0.6 is 0 Å². The van der Waals surface area contributed by atoms with E-state index in [1.54, 1.807) is 18.7 Å². The van der Waals surface area contributed by atoms with Crippen molar-refractivity contribution in [1.82, 2.24) is 18.9 Å². The number of hydrogen-bond acceptors (Lipinski definition) is 4. The van der Waals surface area contributed by atoms with E-state index in [4.69, 9.17) is 9.47 Å². The van der Waals surface area contributed by atoms with Crippen LogP contribution in [0.4, 0.5) is 0 Å². The molecule has 1 aliphatic heterocycles. The summed E-state index contributed by atoms with van der Waals surface area (Å²) in [5.41, 5.74) is 6.46. The summed E-state index contributed by atoms with van der Waals surface area (Å²) in [6.07, 6.45) is 5.48. The lowest BCUT2D eigenvalue weighted by Gasteiger charge is -2.25. The Morgan fingerprint density at radius 3 is 2.47 bits per heavy atom. The van der Waals surface area contributed by atoms with Crippen LogP contribution in [0.1, 0.15) is 28.8 Å². The van der Waals surface area contributed by atoms with E-state index in [1.165, 1.54) is 0 Å². The van der Waals surface area contributed by atoms with Gasteiger partial charge in [0.05, 0.1) is 31.1 Å². The predicted octanol–water partition coefficient (Wildman–Crippen LogP) is 4.81. The van der Waals surface area contributed by atoms with Gasteiger partial charge in [0.15, 0.2) is 0 Å². The Hall–Kier alpha value is -3.94. The predicted molar refractivity (Wildman–Crippen MR) is 140 cm³/mol. The number of ether oxygens (including phenoxy) is 2. The molecule has 5 aromatic rings. The molecule has 7 heteroatoms. The highest BCUT2D eigenvalue weighted by molar-refractivity contribution is 5.91. The van der Waals surface area contributed by atoms with Crippen molar-refractivity contribution in [3.05, 3.63) is 106 Å². The van der Waals surface area contributed by atoms with Crippen LogP contribution in [0.2, 0.25) is 0 Å². The molecule has 0 saturated carbocycles. The van der Waals surface area contributed by atoms with Crippen LogP contribution in [0.15, 0.2) is 84.0 Å². The Balaban J connectivity index is 1.64. The van der Waals surface area contributed by atoms with Crippen LogP contribution in [-0.4, -0.2) is 39.2 Å². The second-order valence-corrected chi connectivity index (χ2v) is 9.39. The zero-order valence-corrected chi connectivity index (χ0v) is 20.6. The molecule has 3 aromatic heterocycles. The van der Waals surface area contributed by atoms with Crippen molar-refractivity contribution in [3.8, 4) is 16.9 Å². The summed E-state index contributed by atoms with van der Waals surface area (Å²) in [6, 6.07) is 20.7. The second-order valence-electron chi connectivity index (χ2n) is 9.39. The third-order valence-corrected chi connectivity index (χ3v) is 6.97. The number of fused-ring (bicyclic) bond motifs is 1. The van der Waals surface area contributed by atoms with Gasteiger partial charge in [0.1, 0.15) is 11.6 Å². The van der Waals surface area contributed by atoms with Crippen LogP contribution in [0.25, 0.3) is 27.8 Å². The average molecular weight is 481 g/mol.